The molecule has 1 atom stereocenters. The standard InChI is InChI=1S/C22H28N2O3/c1-2-27-20-10-8-18(9-11-20)16-22(25)23-17-21(19-6-4-3-5-7-19)24-12-14-26-15-13-24/h3-11,21H,2,12-17H2,1H3,(H,23,25). The maximum atomic E-state index is 12.5. The van der Waals surface area contributed by atoms with Crippen LogP contribution in [0.1, 0.15) is 24.1 Å². The van der Waals surface area contributed by atoms with E-state index >= 15 is 0 Å². The number of morpholine rings is 1. The Balaban J connectivity index is 1.58. The molecule has 2 aromatic carbocycles. The minimum Gasteiger partial charge on any atom is -0.494 e. The van der Waals surface area contributed by atoms with Gasteiger partial charge in [0.25, 0.3) is 0 Å². The van der Waals surface area contributed by atoms with E-state index in [2.05, 4.69) is 22.3 Å². The number of benzene rings is 2. The summed E-state index contributed by atoms with van der Waals surface area (Å²) in [5.41, 5.74) is 2.21. The molecule has 1 amide bonds. The molecule has 0 spiro atoms. The van der Waals surface area contributed by atoms with Gasteiger partial charge in [0.1, 0.15) is 5.75 Å². The van der Waals surface area contributed by atoms with Crippen LogP contribution in [0.2, 0.25) is 0 Å². The highest BCUT2D eigenvalue weighted by atomic mass is 16.5. The van der Waals surface area contributed by atoms with Crippen LogP contribution >= 0.6 is 0 Å². The van der Waals surface area contributed by atoms with Crippen molar-refractivity contribution >= 4 is 5.91 Å². The molecule has 5 nitrogen and oxygen atoms in total. The van der Waals surface area contributed by atoms with Gasteiger partial charge in [-0.15, -0.1) is 0 Å². The normalized spacial score (nSPS) is 15.9. The Bertz CT molecular complexity index is 697. The van der Waals surface area contributed by atoms with Crippen molar-refractivity contribution < 1.29 is 14.3 Å². The average molecular weight is 368 g/mol. The minimum absolute atomic E-state index is 0.0355. The molecular weight excluding hydrogens is 340 g/mol. The van der Waals surface area contributed by atoms with E-state index in [0.29, 0.717) is 19.6 Å². The largest absolute Gasteiger partial charge is 0.494 e. The van der Waals surface area contributed by atoms with Gasteiger partial charge >= 0.3 is 0 Å². The molecule has 1 aliphatic rings. The third-order valence-corrected chi connectivity index (χ3v) is 4.76. The summed E-state index contributed by atoms with van der Waals surface area (Å²) in [6, 6.07) is 18.2. The fourth-order valence-electron chi connectivity index (χ4n) is 3.35. The number of nitrogens with one attached hydrogen (secondary N) is 1. The maximum Gasteiger partial charge on any atom is 0.224 e. The molecule has 0 saturated carbocycles. The fourth-order valence-corrected chi connectivity index (χ4v) is 3.35. The van der Waals surface area contributed by atoms with Gasteiger partial charge in [-0.05, 0) is 30.2 Å². The highest BCUT2D eigenvalue weighted by Crippen LogP contribution is 2.21. The minimum atomic E-state index is 0.0355. The zero-order chi connectivity index (χ0) is 18.9. The molecule has 144 valence electrons. The number of ether oxygens (including phenoxy) is 2. The first kappa shape index (κ1) is 19.4. The van der Waals surface area contributed by atoms with Crippen LogP contribution in [0.4, 0.5) is 0 Å². The average Bonchev–Trinajstić information content (AvgIpc) is 2.71. The van der Waals surface area contributed by atoms with Crippen LogP contribution in [0.3, 0.4) is 0 Å². The Morgan fingerprint density at radius 3 is 2.48 bits per heavy atom. The molecule has 3 rings (SSSR count). The second-order valence-electron chi connectivity index (χ2n) is 6.63. The van der Waals surface area contributed by atoms with Crippen molar-refractivity contribution in [3.63, 3.8) is 0 Å². The molecule has 0 aliphatic carbocycles. The SMILES string of the molecule is CCOc1ccc(CC(=O)NCC(c2ccccc2)N2CCOCC2)cc1. The van der Waals surface area contributed by atoms with Crippen LogP contribution < -0.4 is 10.1 Å². The first-order chi connectivity index (χ1) is 13.3. The zero-order valence-corrected chi connectivity index (χ0v) is 15.9. The van der Waals surface area contributed by atoms with Gasteiger partial charge in [0.2, 0.25) is 5.91 Å². The highest BCUT2D eigenvalue weighted by molar-refractivity contribution is 5.78. The number of hydrogen-bond acceptors (Lipinski definition) is 4. The summed E-state index contributed by atoms with van der Waals surface area (Å²) in [6.07, 6.45) is 0.372. The second kappa shape index (κ2) is 10.1. The number of nitrogens with zero attached hydrogens (tertiary/aromatic N) is 1. The van der Waals surface area contributed by atoms with E-state index in [0.717, 1.165) is 37.6 Å². The molecule has 0 bridgehead atoms. The number of rotatable bonds is 8. The number of carbonyl (C=O) groups excluding carboxylic acids is 1. The van der Waals surface area contributed by atoms with Crippen molar-refractivity contribution in [2.75, 3.05) is 39.5 Å². The van der Waals surface area contributed by atoms with Gasteiger partial charge in [0.05, 0.1) is 32.3 Å². The van der Waals surface area contributed by atoms with Crippen molar-refractivity contribution in [3.8, 4) is 5.75 Å². The molecule has 5 heteroatoms. The topological polar surface area (TPSA) is 50.8 Å². The molecule has 27 heavy (non-hydrogen) atoms. The second-order valence-corrected chi connectivity index (χ2v) is 6.63. The van der Waals surface area contributed by atoms with Gasteiger partial charge in [-0.25, -0.2) is 0 Å². The predicted octanol–water partition coefficient (Wildman–Crippen LogP) is 2.82. The maximum absolute atomic E-state index is 12.5. The van der Waals surface area contributed by atoms with Gasteiger partial charge in [-0.3, -0.25) is 9.69 Å². The predicted molar refractivity (Wildman–Crippen MR) is 106 cm³/mol. The third-order valence-electron chi connectivity index (χ3n) is 4.76. The smallest absolute Gasteiger partial charge is 0.224 e. The van der Waals surface area contributed by atoms with E-state index in [9.17, 15) is 4.79 Å². The van der Waals surface area contributed by atoms with Crippen LogP contribution in [-0.4, -0.2) is 50.3 Å². The lowest BCUT2D eigenvalue weighted by atomic mass is 10.0. The Hall–Kier alpha value is -2.37. The molecule has 1 heterocycles. The Morgan fingerprint density at radius 2 is 1.81 bits per heavy atom. The Kier molecular flexibility index (Phi) is 7.25. The first-order valence-corrected chi connectivity index (χ1v) is 9.61. The van der Waals surface area contributed by atoms with Gasteiger partial charge in [0, 0.05) is 19.6 Å². The van der Waals surface area contributed by atoms with E-state index in [4.69, 9.17) is 9.47 Å². The van der Waals surface area contributed by atoms with Crippen molar-refractivity contribution in [2.45, 2.75) is 19.4 Å². The number of amides is 1. The monoisotopic (exact) mass is 368 g/mol. The van der Waals surface area contributed by atoms with Gasteiger partial charge in [0.15, 0.2) is 0 Å². The quantitative estimate of drug-likeness (QED) is 0.778. The Labute approximate surface area is 161 Å². The van der Waals surface area contributed by atoms with E-state index < -0.39 is 0 Å². The number of hydrogen-bond donors (Lipinski definition) is 1. The van der Waals surface area contributed by atoms with Crippen molar-refractivity contribution in [3.05, 3.63) is 65.7 Å². The summed E-state index contributed by atoms with van der Waals surface area (Å²) in [7, 11) is 0. The third kappa shape index (κ3) is 5.81. The van der Waals surface area contributed by atoms with Crippen LogP contribution in [0.15, 0.2) is 54.6 Å². The molecule has 1 saturated heterocycles. The van der Waals surface area contributed by atoms with Crippen LogP contribution in [0.25, 0.3) is 0 Å². The Morgan fingerprint density at radius 1 is 1.11 bits per heavy atom. The summed E-state index contributed by atoms with van der Waals surface area (Å²) >= 11 is 0. The first-order valence-electron chi connectivity index (χ1n) is 9.61. The van der Waals surface area contributed by atoms with E-state index in [1.54, 1.807) is 0 Å². The lowest BCUT2D eigenvalue weighted by Crippen LogP contribution is -2.44. The summed E-state index contributed by atoms with van der Waals surface area (Å²) in [5.74, 6) is 0.867. The zero-order valence-electron chi connectivity index (χ0n) is 15.9. The van der Waals surface area contributed by atoms with Gasteiger partial charge < -0.3 is 14.8 Å². The van der Waals surface area contributed by atoms with Crippen LogP contribution in [0, 0.1) is 0 Å². The molecule has 0 aromatic heterocycles. The van der Waals surface area contributed by atoms with E-state index in [-0.39, 0.29) is 11.9 Å². The van der Waals surface area contributed by atoms with Gasteiger partial charge in [-0.1, -0.05) is 42.5 Å². The van der Waals surface area contributed by atoms with Crippen molar-refractivity contribution in [1.29, 1.82) is 0 Å². The van der Waals surface area contributed by atoms with Crippen LogP contribution in [-0.2, 0) is 16.0 Å². The lowest BCUT2D eigenvalue weighted by molar-refractivity contribution is -0.120. The summed E-state index contributed by atoms with van der Waals surface area (Å²) < 4.78 is 10.9. The van der Waals surface area contributed by atoms with Gasteiger partial charge in [-0.2, -0.15) is 0 Å². The lowest BCUT2D eigenvalue weighted by Gasteiger charge is -2.35. The molecule has 0 radical (unpaired) electrons. The summed E-state index contributed by atoms with van der Waals surface area (Å²) in [5, 5.41) is 3.11. The van der Waals surface area contributed by atoms with E-state index in [1.165, 1.54) is 5.56 Å². The van der Waals surface area contributed by atoms with E-state index in [1.807, 2.05) is 49.4 Å². The van der Waals surface area contributed by atoms with Crippen molar-refractivity contribution in [2.24, 2.45) is 0 Å². The van der Waals surface area contributed by atoms with Crippen molar-refractivity contribution in [1.82, 2.24) is 10.2 Å². The molecule has 1 unspecified atom stereocenters. The highest BCUT2D eigenvalue weighted by Gasteiger charge is 2.23. The molecule has 1 fully saturated rings. The molecule has 1 N–H and O–H groups in total. The number of carbonyl (C=O) groups is 1. The summed E-state index contributed by atoms with van der Waals surface area (Å²) in [4.78, 5) is 14.8. The van der Waals surface area contributed by atoms with Crippen LogP contribution in [0.5, 0.6) is 5.75 Å². The summed E-state index contributed by atoms with van der Waals surface area (Å²) in [6.45, 7) is 6.44. The molecular formula is C22H28N2O3. The fraction of sp³-hybridized carbons (Fsp3) is 0.409. The molecule has 1 aliphatic heterocycles. The molecule has 2 aromatic rings.